The third kappa shape index (κ3) is 3.53. The van der Waals surface area contributed by atoms with E-state index in [4.69, 9.17) is 13.9 Å². The zero-order chi connectivity index (χ0) is 21.4. The number of carbonyl (C=O) groups excluding carboxylic acids is 2. The number of para-hydroxylation sites is 3. The number of carbonyl (C=O) groups is 2. The Morgan fingerprint density at radius 3 is 2.42 bits per heavy atom. The molecule has 31 heavy (non-hydrogen) atoms. The van der Waals surface area contributed by atoms with Crippen LogP contribution in [0.2, 0.25) is 0 Å². The van der Waals surface area contributed by atoms with E-state index in [2.05, 4.69) is 5.32 Å². The molecular weight excluding hydrogens is 394 g/mol. The Bertz CT molecular complexity index is 1290. The molecule has 1 unspecified atom stereocenters. The number of ether oxygens (including phenoxy) is 2. The normalized spacial score (nSPS) is 14.9. The van der Waals surface area contributed by atoms with Crippen molar-refractivity contribution in [3.63, 3.8) is 0 Å². The van der Waals surface area contributed by atoms with Crippen LogP contribution in [-0.2, 0) is 4.79 Å². The molecule has 1 atom stereocenters. The molecule has 0 fully saturated rings. The fourth-order valence-corrected chi connectivity index (χ4v) is 3.52. The fraction of sp³-hybridized carbons (Fsp3) is 0.120. The van der Waals surface area contributed by atoms with Gasteiger partial charge in [0, 0.05) is 10.9 Å². The number of nitrogens with one attached hydrogen (secondary N) is 1. The Labute approximate surface area is 178 Å². The van der Waals surface area contributed by atoms with Crippen LogP contribution in [0, 0.1) is 6.92 Å². The fourth-order valence-electron chi connectivity index (χ4n) is 3.52. The van der Waals surface area contributed by atoms with Gasteiger partial charge in [-0.3, -0.25) is 9.59 Å². The number of amides is 1. The van der Waals surface area contributed by atoms with Crippen molar-refractivity contribution in [2.24, 2.45) is 0 Å². The van der Waals surface area contributed by atoms with Crippen LogP contribution < -0.4 is 14.8 Å². The number of benzene rings is 3. The molecule has 0 bridgehead atoms. The third-order valence-corrected chi connectivity index (χ3v) is 5.16. The highest BCUT2D eigenvalue weighted by Crippen LogP contribution is 2.34. The van der Waals surface area contributed by atoms with Crippen LogP contribution in [0.4, 0.5) is 5.69 Å². The van der Waals surface area contributed by atoms with Crippen molar-refractivity contribution >= 4 is 28.3 Å². The molecule has 2 heterocycles. The third-order valence-electron chi connectivity index (χ3n) is 5.16. The smallest absolute Gasteiger partial charge is 0.269 e. The van der Waals surface area contributed by atoms with Gasteiger partial charge in [-0.05, 0) is 31.2 Å². The van der Waals surface area contributed by atoms with E-state index in [0.29, 0.717) is 33.7 Å². The number of furan rings is 1. The molecule has 0 saturated carbocycles. The molecule has 1 N–H and O–H groups in total. The Morgan fingerprint density at radius 2 is 1.61 bits per heavy atom. The SMILES string of the molecule is Cc1ccc(C(=O)c2oc3ccccc3c2NC(=O)C2COc3ccccc3O2)cc1. The highest BCUT2D eigenvalue weighted by atomic mass is 16.6. The zero-order valence-corrected chi connectivity index (χ0v) is 16.8. The van der Waals surface area contributed by atoms with Crippen LogP contribution in [0.15, 0.2) is 77.2 Å². The molecule has 1 amide bonds. The maximum atomic E-state index is 13.2. The first-order chi connectivity index (χ1) is 15.1. The van der Waals surface area contributed by atoms with Crippen molar-refractivity contribution in [3.8, 4) is 11.5 Å². The van der Waals surface area contributed by atoms with E-state index in [-0.39, 0.29) is 18.2 Å². The van der Waals surface area contributed by atoms with E-state index in [1.54, 1.807) is 36.4 Å². The van der Waals surface area contributed by atoms with Crippen molar-refractivity contribution in [1.82, 2.24) is 0 Å². The Morgan fingerprint density at radius 1 is 0.903 bits per heavy atom. The van der Waals surface area contributed by atoms with Crippen LogP contribution >= 0.6 is 0 Å². The molecule has 0 aliphatic carbocycles. The number of fused-ring (bicyclic) bond motifs is 2. The van der Waals surface area contributed by atoms with Gasteiger partial charge in [0.2, 0.25) is 11.9 Å². The Balaban J connectivity index is 1.48. The minimum atomic E-state index is -0.856. The van der Waals surface area contributed by atoms with Gasteiger partial charge in [0.15, 0.2) is 17.3 Å². The second-order valence-corrected chi connectivity index (χ2v) is 7.35. The summed E-state index contributed by atoms with van der Waals surface area (Å²) in [6, 6.07) is 21.6. The van der Waals surface area contributed by atoms with E-state index >= 15 is 0 Å². The first kappa shape index (κ1) is 18.9. The lowest BCUT2D eigenvalue weighted by Gasteiger charge is -2.25. The quantitative estimate of drug-likeness (QED) is 0.489. The lowest BCUT2D eigenvalue weighted by Crippen LogP contribution is -2.40. The van der Waals surface area contributed by atoms with E-state index in [1.165, 1.54) is 0 Å². The number of hydrogen-bond donors (Lipinski definition) is 1. The summed E-state index contributed by atoms with van der Waals surface area (Å²) in [5, 5.41) is 3.48. The van der Waals surface area contributed by atoms with E-state index in [0.717, 1.165) is 5.56 Å². The standard InChI is InChI=1S/C25H19NO5/c1-15-10-12-16(13-11-15)23(27)24-22(17-6-2-3-7-18(17)31-24)26-25(28)21-14-29-19-8-4-5-9-20(19)30-21/h2-13,21H,14H2,1H3,(H,26,28). The van der Waals surface area contributed by atoms with Gasteiger partial charge < -0.3 is 19.2 Å². The van der Waals surface area contributed by atoms with E-state index < -0.39 is 12.0 Å². The molecule has 6 heteroatoms. The first-order valence-corrected chi connectivity index (χ1v) is 9.92. The average molecular weight is 413 g/mol. The van der Waals surface area contributed by atoms with Crippen molar-refractivity contribution in [2.45, 2.75) is 13.0 Å². The van der Waals surface area contributed by atoms with Crippen LogP contribution in [0.25, 0.3) is 11.0 Å². The summed E-state index contributed by atoms with van der Waals surface area (Å²) in [5.41, 5.74) is 2.36. The van der Waals surface area contributed by atoms with Crippen molar-refractivity contribution in [1.29, 1.82) is 0 Å². The molecule has 3 aromatic carbocycles. The summed E-state index contributed by atoms with van der Waals surface area (Å²) in [7, 11) is 0. The number of hydrogen-bond acceptors (Lipinski definition) is 5. The monoisotopic (exact) mass is 413 g/mol. The highest BCUT2D eigenvalue weighted by molar-refractivity contribution is 6.17. The molecule has 0 radical (unpaired) electrons. The molecule has 154 valence electrons. The lowest BCUT2D eigenvalue weighted by atomic mass is 10.1. The van der Waals surface area contributed by atoms with E-state index in [1.807, 2.05) is 43.3 Å². The predicted octanol–water partition coefficient (Wildman–Crippen LogP) is 4.75. The zero-order valence-electron chi connectivity index (χ0n) is 16.8. The number of anilines is 1. The van der Waals surface area contributed by atoms with Gasteiger partial charge in [-0.15, -0.1) is 0 Å². The van der Waals surface area contributed by atoms with Crippen molar-refractivity contribution in [2.75, 3.05) is 11.9 Å². The number of rotatable bonds is 4. The minimum Gasteiger partial charge on any atom is -0.485 e. The second kappa shape index (κ2) is 7.65. The topological polar surface area (TPSA) is 77.8 Å². The number of ketones is 1. The van der Waals surface area contributed by atoms with Gasteiger partial charge in [0.05, 0.1) is 5.69 Å². The summed E-state index contributed by atoms with van der Waals surface area (Å²) in [6.45, 7) is 2.02. The molecule has 6 nitrogen and oxygen atoms in total. The summed E-state index contributed by atoms with van der Waals surface area (Å²) >= 11 is 0. The molecule has 4 aromatic rings. The Hall–Kier alpha value is -4.06. The molecule has 1 aromatic heterocycles. The number of aryl methyl sites for hydroxylation is 1. The van der Waals surface area contributed by atoms with Gasteiger partial charge in [-0.2, -0.15) is 0 Å². The van der Waals surface area contributed by atoms with Crippen molar-refractivity contribution < 1.29 is 23.5 Å². The van der Waals surface area contributed by atoms with Gasteiger partial charge in [0.25, 0.3) is 5.91 Å². The van der Waals surface area contributed by atoms with E-state index in [9.17, 15) is 9.59 Å². The summed E-state index contributed by atoms with van der Waals surface area (Å²) in [5.74, 6) is 0.449. The lowest BCUT2D eigenvalue weighted by molar-refractivity contribution is -0.125. The molecule has 0 saturated heterocycles. The second-order valence-electron chi connectivity index (χ2n) is 7.35. The average Bonchev–Trinajstić information content (AvgIpc) is 3.17. The van der Waals surface area contributed by atoms with Crippen LogP contribution in [0.3, 0.4) is 0 Å². The van der Waals surface area contributed by atoms with Gasteiger partial charge in [0.1, 0.15) is 12.2 Å². The maximum Gasteiger partial charge on any atom is 0.269 e. The largest absolute Gasteiger partial charge is 0.485 e. The van der Waals surface area contributed by atoms with Crippen LogP contribution in [-0.4, -0.2) is 24.4 Å². The molecule has 0 spiro atoms. The van der Waals surface area contributed by atoms with Crippen LogP contribution in [0.5, 0.6) is 11.5 Å². The van der Waals surface area contributed by atoms with Gasteiger partial charge in [-0.1, -0.05) is 54.1 Å². The Kier molecular flexibility index (Phi) is 4.67. The summed E-state index contributed by atoms with van der Waals surface area (Å²) < 4.78 is 17.3. The summed E-state index contributed by atoms with van der Waals surface area (Å²) in [4.78, 5) is 26.2. The molecule has 1 aliphatic rings. The van der Waals surface area contributed by atoms with Gasteiger partial charge in [-0.25, -0.2) is 0 Å². The van der Waals surface area contributed by atoms with Crippen LogP contribution in [0.1, 0.15) is 21.7 Å². The maximum absolute atomic E-state index is 13.2. The van der Waals surface area contributed by atoms with Crippen molar-refractivity contribution in [3.05, 3.63) is 89.7 Å². The highest BCUT2D eigenvalue weighted by Gasteiger charge is 2.30. The first-order valence-electron chi connectivity index (χ1n) is 9.92. The predicted molar refractivity (Wildman–Crippen MR) is 116 cm³/mol. The minimum absolute atomic E-state index is 0.0693. The molecule has 1 aliphatic heterocycles. The molecule has 5 rings (SSSR count). The molecular formula is C25H19NO5. The van der Waals surface area contributed by atoms with Gasteiger partial charge >= 0.3 is 0 Å². The summed E-state index contributed by atoms with van der Waals surface area (Å²) in [6.07, 6.45) is -0.856.